The van der Waals surface area contributed by atoms with Crippen molar-refractivity contribution in [3.05, 3.63) is 0 Å². The Hall–Kier alpha value is 1.94. The Bertz CT molecular complexity index is 405. The van der Waals surface area contributed by atoms with Crippen LogP contribution in [0.4, 0.5) is 19.4 Å². The molecule has 0 bridgehead atoms. The van der Waals surface area contributed by atoms with Gasteiger partial charge in [-0.3, -0.25) is 4.79 Å². The van der Waals surface area contributed by atoms with Crippen LogP contribution in [0.2, 0.25) is 0 Å². The molecule has 3 atom stereocenters. The molecule has 0 heterocycles. The van der Waals surface area contributed by atoms with Crippen molar-refractivity contribution < 1.29 is 24.2 Å². The van der Waals surface area contributed by atoms with Crippen molar-refractivity contribution in [2.45, 2.75) is 23.1 Å². The van der Waals surface area contributed by atoms with Crippen molar-refractivity contribution in [2.24, 2.45) is 0 Å². The van der Waals surface area contributed by atoms with Crippen LogP contribution < -0.4 is 0 Å². The zero-order valence-corrected chi connectivity index (χ0v) is 15.0. The number of Topliss-reactive ketones (excluding diaryl/α,β-unsaturated/α-hetero) is 1. The molecule has 118 valence electrons. The van der Waals surface area contributed by atoms with E-state index in [0.717, 1.165) is 0 Å². The molecule has 0 aromatic heterocycles. The third-order valence-electron chi connectivity index (χ3n) is 2.63. The number of ketones is 1. The molecule has 1 nitrogen and oxygen atoms in total. The number of hydrogen-bond donors (Lipinski definition) is 0. The van der Waals surface area contributed by atoms with Gasteiger partial charge in [-0.2, -0.15) is 19.4 Å². The van der Waals surface area contributed by atoms with E-state index in [-0.39, 0.29) is 0 Å². The summed E-state index contributed by atoms with van der Waals surface area (Å²) in [6.07, 6.45) is -1.03. The normalized spacial score (nSPS) is 40.9. The van der Waals surface area contributed by atoms with E-state index in [4.69, 9.17) is 34.8 Å². The van der Waals surface area contributed by atoms with Crippen molar-refractivity contribution >= 4 is 101 Å². The highest BCUT2D eigenvalue weighted by Gasteiger charge is 2.81. The van der Waals surface area contributed by atoms with Gasteiger partial charge in [-0.25, -0.2) is 0 Å². The molecule has 0 amide bonds. The third kappa shape index (κ3) is 2.37. The van der Waals surface area contributed by atoms with Gasteiger partial charge in [0.1, 0.15) is 0 Å². The zero-order valence-electron chi connectivity index (χ0n) is 8.68. The molecular formula is C6H2Cl3F5OS5. The predicted molar refractivity (Wildman–Crippen MR) is 81.6 cm³/mol. The topological polar surface area (TPSA) is 17.1 Å². The summed E-state index contributed by atoms with van der Waals surface area (Å²) in [5.74, 6) is -1.31. The summed E-state index contributed by atoms with van der Waals surface area (Å²) < 4.78 is 54.6. The van der Waals surface area contributed by atoms with Gasteiger partial charge in [0.05, 0.1) is 60.7 Å². The van der Waals surface area contributed by atoms with Gasteiger partial charge in [-0.05, 0) is 0 Å². The number of hydrogen-bond acceptors (Lipinski definition) is 6. The van der Waals surface area contributed by atoms with Crippen molar-refractivity contribution in [3.8, 4) is 0 Å². The minimum Gasteiger partial charge on any atom is -0.296 e. The highest BCUT2D eigenvalue weighted by atomic mass is 35.5. The second-order valence-corrected chi connectivity index (χ2v) is 10.1. The van der Waals surface area contributed by atoms with Crippen LogP contribution in [0.25, 0.3) is 0 Å². The summed E-state index contributed by atoms with van der Waals surface area (Å²) in [6, 6.07) is 0. The van der Waals surface area contributed by atoms with Crippen LogP contribution in [0, 0.1) is 0 Å². The van der Waals surface area contributed by atoms with E-state index in [1.165, 1.54) is 0 Å². The third-order valence-corrected chi connectivity index (χ3v) is 10.4. The Morgan fingerprint density at radius 1 is 0.850 bits per heavy atom. The standard InChI is InChI=1S/C6H2Cl3F5OS5/c7-3(16-10)1-2(15)4(8,17-11)6(19-13,20-14)5(3,9)18-12/h1H2. The summed E-state index contributed by atoms with van der Waals surface area (Å²) in [6.45, 7) is 0. The molecule has 0 aromatic carbocycles. The van der Waals surface area contributed by atoms with Gasteiger partial charge in [-0.1, -0.05) is 23.2 Å². The Balaban J connectivity index is 3.66. The van der Waals surface area contributed by atoms with E-state index < -0.39 is 89.6 Å². The average molecular weight is 452 g/mol. The molecule has 14 heteroatoms. The maximum atomic E-state index is 13.3. The molecule has 0 spiro atoms. The van der Waals surface area contributed by atoms with Crippen LogP contribution in [-0.4, -0.2) is 22.5 Å². The number of halogens is 8. The van der Waals surface area contributed by atoms with Gasteiger partial charge in [-0.15, -0.1) is 11.6 Å². The van der Waals surface area contributed by atoms with Crippen LogP contribution in [0.3, 0.4) is 0 Å². The van der Waals surface area contributed by atoms with E-state index in [9.17, 15) is 24.2 Å². The number of carbonyl (C=O) groups excluding carboxylic acids is 1. The van der Waals surface area contributed by atoms with E-state index >= 15 is 0 Å². The van der Waals surface area contributed by atoms with Gasteiger partial charge in [0, 0.05) is 6.42 Å². The summed E-state index contributed by atoms with van der Waals surface area (Å²) in [5, 5.41) is 0. The quantitative estimate of drug-likeness (QED) is 0.266. The molecule has 3 unspecified atom stereocenters. The number of carbonyl (C=O) groups is 1. The van der Waals surface area contributed by atoms with E-state index in [2.05, 4.69) is 0 Å². The van der Waals surface area contributed by atoms with Crippen LogP contribution >= 0.6 is 95.5 Å². The maximum Gasteiger partial charge on any atom is 0.210 e. The Kier molecular flexibility index (Phi) is 6.82. The first-order chi connectivity index (χ1) is 9.18. The lowest BCUT2D eigenvalue weighted by atomic mass is 9.94. The summed E-state index contributed by atoms with van der Waals surface area (Å²) in [5.41, 5.74) is 0. The van der Waals surface area contributed by atoms with Crippen molar-refractivity contribution in [3.63, 3.8) is 0 Å². The van der Waals surface area contributed by atoms with Crippen molar-refractivity contribution in [1.29, 1.82) is 0 Å². The largest absolute Gasteiger partial charge is 0.296 e. The van der Waals surface area contributed by atoms with Gasteiger partial charge in [0.15, 0.2) is 18.3 Å². The lowest BCUT2D eigenvalue weighted by molar-refractivity contribution is -0.121. The summed E-state index contributed by atoms with van der Waals surface area (Å²) >= 11 is 12.5. The first kappa shape index (κ1) is 20.0. The van der Waals surface area contributed by atoms with Crippen LogP contribution in [-0.2, 0) is 4.79 Å². The fraction of sp³-hybridized carbons (Fsp3) is 0.833. The molecule has 0 aliphatic heterocycles. The highest BCUT2D eigenvalue weighted by Crippen LogP contribution is 2.75. The van der Waals surface area contributed by atoms with E-state index in [1.807, 2.05) is 0 Å². The van der Waals surface area contributed by atoms with Crippen LogP contribution in [0.15, 0.2) is 0 Å². The lowest BCUT2D eigenvalue weighted by Gasteiger charge is -2.53. The fourth-order valence-electron chi connectivity index (χ4n) is 1.56. The Morgan fingerprint density at radius 2 is 1.35 bits per heavy atom. The smallest absolute Gasteiger partial charge is 0.210 e. The van der Waals surface area contributed by atoms with Gasteiger partial charge >= 0.3 is 0 Å². The average Bonchev–Trinajstić information content (AvgIpc) is 2.46. The minimum atomic E-state index is -3.06. The van der Waals surface area contributed by atoms with Crippen LogP contribution in [0.1, 0.15) is 6.42 Å². The summed E-state index contributed by atoms with van der Waals surface area (Å²) in [4.78, 5) is 11.9. The molecule has 20 heavy (non-hydrogen) atoms. The summed E-state index contributed by atoms with van der Waals surface area (Å²) in [7, 11) is 0. The molecule has 0 saturated heterocycles. The molecule has 1 aliphatic carbocycles. The Labute approximate surface area is 148 Å². The molecule has 0 N–H and O–H groups in total. The highest BCUT2D eigenvalue weighted by molar-refractivity contribution is 8.18. The molecule has 1 rings (SSSR count). The van der Waals surface area contributed by atoms with Gasteiger partial charge in [0.2, 0.25) is 4.21 Å². The number of rotatable bonds is 5. The first-order valence-electron chi connectivity index (χ1n) is 4.27. The van der Waals surface area contributed by atoms with Crippen LogP contribution in [0.5, 0.6) is 0 Å². The molecule has 1 aliphatic rings. The zero-order chi connectivity index (χ0) is 15.8. The predicted octanol–water partition coefficient (Wildman–Crippen LogP) is 6.55. The van der Waals surface area contributed by atoms with Gasteiger partial charge in [0.25, 0.3) is 0 Å². The molecule has 0 radical (unpaired) electrons. The monoisotopic (exact) mass is 450 g/mol. The Morgan fingerprint density at radius 3 is 1.65 bits per heavy atom. The fourth-order valence-corrected chi connectivity index (χ4v) is 6.54. The first-order valence-corrected chi connectivity index (χ1v) is 8.99. The second kappa shape index (κ2) is 6.82. The molecule has 1 saturated carbocycles. The molecule has 0 aromatic rings. The van der Waals surface area contributed by atoms with Crippen molar-refractivity contribution in [1.82, 2.24) is 0 Å². The van der Waals surface area contributed by atoms with E-state index in [0.29, 0.717) is 0 Å². The lowest BCUT2D eigenvalue weighted by Crippen LogP contribution is -2.69. The number of alkyl halides is 3. The van der Waals surface area contributed by atoms with Crippen molar-refractivity contribution in [2.75, 3.05) is 0 Å². The second-order valence-electron chi connectivity index (χ2n) is 3.52. The molecular weight excluding hydrogens is 450 g/mol. The minimum absolute atomic E-state index is 0.771. The van der Waals surface area contributed by atoms with E-state index in [1.54, 1.807) is 0 Å². The SMILES string of the molecule is O=C1CC(Cl)(SF)C(Cl)(SF)C(SF)(SF)C1(Cl)SF. The molecule has 1 fully saturated rings. The maximum absolute atomic E-state index is 13.3. The van der Waals surface area contributed by atoms with Gasteiger partial charge < -0.3 is 0 Å².